The van der Waals surface area contributed by atoms with Gasteiger partial charge in [-0.05, 0) is 36.6 Å². The van der Waals surface area contributed by atoms with Gasteiger partial charge in [0.1, 0.15) is 0 Å². The van der Waals surface area contributed by atoms with Crippen molar-refractivity contribution in [3.05, 3.63) is 52.0 Å². The molecule has 1 amide bonds. The second-order valence-corrected chi connectivity index (χ2v) is 6.02. The van der Waals surface area contributed by atoms with Crippen LogP contribution in [0.2, 0.25) is 5.02 Å². The monoisotopic (exact) mass is 304 g/mol. The third kappa shape index (κ3) is 3.46. The zero-order valence-corrected chi connectivity index (χ0v) is 12.2. The van der Waals surface area contributed by atoms with Gasteiger partial charge in [0.15, 0.2) is 5.13 Å². The van der Waals surface area contributed by atoms with Gasteiger partial charge in [0.05, 0.1) is 5.69 Å². The summed E-state index contributed by atoms with van der Waals surface area (Å²) in [6, 6.07) is 7.35. The summed E-state index contributed by atoms with van der Waals surface area (Å²) < 4.78 is 0. The van der Waals surface area contributed by atoms with Gasteiger partial charge in [-0.1, -0.05) is 23.7 Å². The van der Waals surface area contributed by atoms with E-state index < -0.39 is 0 Å². The number of halogens is 1. The topological polar surface area (TPSA) is 42.0 Å². The molecule has 1 aromatic carbocycles. The minimum Gasteiger partial charge on any atom is -0.298 e. The smallest absolute Gasteiger partial charge is 0.250 e. The van der Waals surface area contributed by atoms with E-state index in [1.807, 2.05) is 17.5 Å². The fraction of sp³-hybridized carbons (Fsp3) is 0.200. The minimum atomic E-state index is -0.179. The van der Waals surface area contributed by atoms with Crippen molar-refractivity contribution in [3.63, 3.8) is 0 Å². The van der Waals surface area contributed by atoms with Crippen LogP contribution in [0.3, 0.4) is 0 Å². The Morgan fingerprint density at radius 1 is 1.45 bits per heavy atom. The first-order chi connectivity index (χ1) is 9.70. The first-order valence-electron chi connectivity index (χ1n) is 6.41. The lowest BCUT2D eigenvalue weighted by molar-refractivity contribution is -0.111. The molecule has 0 aliphatic heterocycles. The van der Waals surface area contributed by atoms with Crippen LogP contribution in [0.1, 0.15) is 30.0 Å². The summed E-state index contributed by atoms with van der Waals surface area (Å²) in [5.41, 5.74) is 1.99. The number of hydrogen-bond donors (Lipinski definition) is 1. The summed E-state index contributed by atoms with van der Waals surface area (Å²) in [5, 5.41) is 6.11. The summed E-state index contributed by atoms with van der Waals surface area (Å²) >= 11 is 7.36. The number of carbonyl (C=O) groups is 1. The van der Waals surface area contributed by atoms with E-state index in [9.17, 15) is 4.79 Å². The predicted octanol–water partition coefficient (Wildman–Crippen LogP) is 4.33. The Labute approximate surface area is 126 Å². The largest absolute Gasteiger partial charge is 0.298 e. The predicted molar refractivity (Wildman–Crippen MR) is 83.2 cm³/mol. The second-order valence-electron chi connectivity index (χ2n) is 4.73. The van der Waals surface area contributed by atoms with Crippen LogP contribution in [0, 0.1) is 0 Å². The standard InChI is InChI=1S/C15H13ClN2OS/c16-12-3-1-2-10(8-12)4-7-14(19)18-15-17-13(9-20-15)11-5-6-11/h1-4,7-9,11H,5-6H2,(H,17,18,19)/b7-4+. The second kappa shape index (κ2) is 5.77. The normalized spacial score (nSPS) is 14.7. The van der Waals surface area contributed by atoms with Gasteiger partial charge in [-0.25, -0.2) is 4.98 Å². The van der Waals surface area contributed by atoms with Crippen molar-refractivity contribution >= 4 is 40.1 Å². The first-order valence-corrected chi connectivity index (χ1v) is 7.66. The summed E-state index contributed by atoms with van der Waals surface area (Å²) in [4.78, 5) is 16.2. The highest BCUT2D eigenvalue weighted by molar-refractivity contribution is 7.14. The highest BCUT2D eigenvalue weighted by Gasteiger charge is 2.26. The van der Waals surface area contributed by atoms with E-state index in [2.05, 4.69) is 10.3 Å². The first kappa shape index (κ1) is 13.3. The summed E-state index contributed by atoms with van der Waals surface area (Å²) in [6.07, 6.45) is 5.65. The van der Waals surface area contributed by atoms with Crippen LogP contribution in [0.4, 0.5) is 5.13 Å². The maximum absolute atomic E-state index is 11.8. The Morgan fingerprint density at radius 3 is 3.05 bits per heavy atom. The Kier molecular flexibility index (Phi) is 3.85. The molecule has 3 rings (SSSR count). The number of anilines is 1. The van der Waals surface area contributed by atoms with E-state index in [1.54, 1.807) is 18.2 Å². The van der Waals surface area contributed by atoms with Crippen molar-refractivity contribution in [3.8, 4) is 0 Å². The Hall–Kier alpha value is -1.65. The van der Waals surface area contributed by atoms with Crippen LogP contribution in [-0.2, 0) is 4.79 Å². The number of carbonyl (C=O) groups excluding carboxylic acids is 1. The van der Waals surface area contributed by atoms with E-state index in [1.165, 1.54) is 30.3 Å². The third-order valence-electron chi connectivity index (χ3n) is 3.02. The molecule has 0 atom stereocenters. The molecular formula is C15H13ClN2OS. The zero-order valence-electron chi connectivity index (χ0n) is 10.7. The van der Waals surface area contributed by atoms with E-state index >= 15 is 0 Å². The van der Waals surface area contributed by atoms with E-state index in [0.29, 0.717) is 16.1 Å². The van der Waals surface area contributed by atoms with Gasteiger partial charge in [-0.15, -0.1) is 11.3 Å². The quantitative estimate of drug-likeness (QED) is 0.854. The molecule has 1 fully saturated rings. The molecule has 5 heteroatoms. The van der Waals surface area contributed by atoms with Crippen LogP contribution in [0.15, 0.2) is 35.7 Å². The molecule has 0 unspecified atom stereocenters. The molecule has 102 valence electrons. The molecule has 0 bridgehead atoms. The molecule has 3 nitrogen and oxygen atoms in total. The summed E-state index contributed by atoms with van der Waals surface area (Å²) in [7, 11) is 0. The fourth-order valence-electron chi connectivity index (χ4n) is 1.84. The molecule has 1 N–H and O–H groups in total. The average molecular weight is 305 g/mol. The lowest BCUT2D eigenvalue weighted by Crippen LogP contribution is -2.07. The van der Waals surface area contributed by atoms with Crippen LogP contribution in [0.5, 0.6) is 0 Å². The van der Waals surface area contributed by atoms with Gasteiger partial charge in [-0.2, -0.15) is 0 Å². The Balaban J connectivity index is 1.61. The van der Waals surface area contributed by atoms with Crippen molar-refractivity contribution < 1.29 is 4.79 Å². The third-order valence-corrected chi connectivity index (χ3v) is 4.03. The van der Waals surface area contributed by atoms with Gasteiger partial charge in [0.2, 0.25) is 5.91 Å². The van der Waals surface area contributed by atoms with Crippen molar-refractivity contribution in [2.75, 3.05) is 5.32 Å². The maximum Gasteiger partial charge on any atom is 0.250 e. The van der Waals surface area contributed by atoms with E-state index in [4.69, 9.17) is 11.6 Å². The molecule has 1 aliphatic carbocycles. The van der Waals surface area contributed by atoms with Crippen molar-refractivity contribution in [2.45, 2.75) is 18.8 Å². The number of aromatic nitrogens is 1. The maximum atomic E-state index is 11.8. The molecule has 1 heterocycles. The van der Waals surface area contributed by atoms with Gasteiger partial charge >= 0.3 is 0 Å². The summed E-state index contributed by atoms with van der Waals surface area (Å²) in [5.74, 6) is 0.431. The number of hydrogen-bond acceptors (Lipinski definition) is 3. The molecule has 20 heavy (non-hydrogen) atoms. The Bertz CT molecular complexity index is 661. The molecule has 1 aliphatic rings. The lowest BCUT2D eigenvalue weighted by atomic mass is 10.2. The van der Waals surface area contributed by atoms with Crippen LogP contribution >= 0.6 is 22.9 Å². The van der Waals surface area contributed by atoms with E-state index in [-0.39, 0.29) is 5.91 Å². The van der Waals surface area contributed by atoms with E-state index in [0.717, 1.165) is 11.3 Å². The summed E-state index contributed by atoms with van der Waals surface area (Å²) in [6.45, 7) is 0. The molecule has 0 radical (unpaired) electrons. The molecule has 0 saturated heterocycles. The highest BCUT2D eigenvalue weighted by atomic mass is 35.5. The fourth-order valence-corrected chi connectivity index (χ4v) is 2.83. The highest BCUT2D eigenvalue weighted by Crippen LogP contribution is 2.40. The van der Waals surface area contributed by atoms with Gasteiger partial charge in [0.25, 0.3) is 0 Å². The molecule has 0 spiro atoms. The SMILES string of the molecule is O=C(/C=C/c1cccc(Cl)c1)Nc1nc(C2CC2)cs1. The van der Waals surface area contributed by atoms with Crippen molar-refractivity contribution in [1.29, 1.82) is 0 Å². The molecule has 2 aromatic rings. The molecule has 1 aromatic heterocycles. The van der Waals surface area contributed by atoms with Crippen molar-refractivity contribution in [1.82, 2.24) is 4.98 Å². The number of rotatable bonds is 4. The average Bonchev–Trinajstić information content (AvgIpc) is 3.18. The van der Waals surface area contributed by atoms with Gasteiger partial charge in [-0.3, -0.25) is 10.1 Å². The van der Waals surface area contributed by atoms with Gasteiger partial charge in [0, 0.05) is 22.4 Å². The van der Waals surface area contributed by atoms with Crippen LogP contribution in [-0.4, -0.2) is 10.9 Å². The molecular weight excluding hydrogens is 292 g/mol. The van der Waals surface area contributed by atoms with Crippen LogP contribution in [0.25, 0.3) is 6.08 Å². The lowest BCUT2D eigenvalue weighted by Gasteiger charge is -1.97. The van der Waals surface area contributed by atoms with Crippen molar-refractivity contribution in [2.24, 2.45) is 0 Å². The van der Waals surface area contributed by atoms with Gasteiger partial charge < -0.3 is 0 Å². The minimum absolute atomic E-state index is 0.179. The Morgan fingerprint density at radius 2 is 2.30 bits per heavy atom. The number of nitrogens with one attached hydrogen (secondary N) is 1. The number of thiazole rings is 1. The number of benzene rings is 1. The number of amides is 1. The van der Waals surface area contributed by atoms with Crippen LogP contribution < -0.4 is 5.32 Å². The molecule has 1 saturated carbocycles. The zero-order chi connectivity index (χ0) is 13.9. The number of nitrogens with zero attached hydrogens (tertiary/aromatic N) is 1.